The number of aryl methyl sites for hydroxylation is 2. The first-order chi connectivity index (χ1) is 10.3. The molecule has 0 amide bonds. The van der Waals surface area contributed by atoms with Gasteiger partial charge in [0.25, 0.3) is 0 Å². The van der Waals surface area contributed by atoms with E-state index in [-0.39, 0.29) is 0 Å². The standard InChI is InChI=1S/C18H23N3/c1-3-16-11-14(13-19-2)12-18(20-16)21-10-6-8-15-7-4-5-9-17(15)21/h4-5,7,9,11-12,19H,3,6,8,10,13H2,1-2H3. The lowest BCUT2D eigenvalue weighted by Crippen LogP contribution is -2.25. The molecular weight excluding hydrogens is 258 g/mol. The lowest BCUT2D eigenvalue weighted by atomic mass is 10.0. The molecule has 1 N–H and O–H groups in total. The summed E-state index contributed by atoms with van der Waals surface area (Å²) in [6.45, 7) is 4.10. The van der Waals surface area contributed by atoms with Gasteiger partial charge in [-0.15, -0.1) is 0 Å². The number of fused-ring (bicyclic) bond motifs is 1. The van der Waals surface area contributed by atoms with Crippen LogP contribution in [0, 0.1) is 0 Å². The molecule has 0 atom stereocenters. The molecule has 0 saturated carbocycles. The van der Waals surface area contributed by atoms with E-state index >= 15 is 0 Å². The summed E-state index contributed by atoms with van der Waals surface area (Å²) in [5, 5.41) is 3.24. The minimum atomic E-state index is 0.887. The molecule has 3 heteroatoms. The molecule has 0 fully saturated rings. The van der Waals surface area contributed by atoms with Crippen LogP contribution in [0.5, 0.6) is 0 Å². The highest BCUT2D eigenvalue weighted by molar-refractivity contribution is 5.65. The maximum Gasteiger partial charge on any atom is 0.133 e. The lowest BCUT2D eigenvalue weighted by Gasteiger charge is -2.31. The SMILES string of the molecule is CCc1cc(CNC)cc(N2CCCc3ccccc32)n1. The van der Waals surface area contributed by atoms with Crippen LogP contribution in [0.25, 0.3) is 0 Å². The first-order valence-corrected chi connectivity index (χ1v) is 7.81. The Hall–Kier alpha value is -1.87. The smallest absolute Gasteiger partial charge is 0.133 e. The highest BCUT2D eigenvalue weighted by atomic mass is 15.2. The van der Waals surface area contributed by atoms with Gasteiger partial charge in [0, 0.05) is 24.5 Å². The highest BCUT2D eigenvalue weighted by Gasteiger charge is 2.19. The van der Waals surface area contributed by atoms with Crippen molar-refractivity contribution in [3.63, 3.8) is 0 Å². The van der Waals surface area contributed by atoms with E-state index < -0.39 is 0 Å². The van der Waals surface area contributed by atoms with Crippen LogP contribution in [0.3, 0.4) is 0 Å². The lowest BCUT2D eigenvalue weighted by molar-refractivity contribution is 0.753. The summed E-state index contributed by atoms with van der Waals surface area (Å²) < 4.78 is 0. The Kier molecular flexibility index (Phi) is 4.20. The third kappa shape index (κ3) is 2.93. The number of hydrogen-bond acceptors (Lipinski definition) is 3. The molecule has 110 valence electrons. The molecule has 0 radical (unpaired) electrons. The predicted octanol–water partition coefficient (Wildman–Crippen LogP) is 3.45. The monoisotopic (exact) mass is 281 g/mol. The number of rotatable bonds is 4. The Morgan fingerprint density at radius 2 is 2.10 bits per heavy atom. The molecule has 0 bridgehead atoms. The van der Waals surface area contributed by atoms with E-state index in [0.717, 1.165) is 25.3 Å². The number of nitrogens with zero attached hydrogens (tertiary/aromatic N) is 2. The van der Waals surface area contributed by atoms with Crippen LogP contribution in [0.4, 0.5) is 11.5 Å². The van der Waals surface area contributed by atoms with E-state index in [9.17, 15) is 0 Å². The van der Waals surface area contributed by atoms with E-state index in [1.54, 1.807) is 0 Å². The van der Waals surface area contributed by atoms with Crippen LogP contribution >= 0.6 is 0 Å². The van der Waals surface area contributed by atoms with E-state index in [1.807, 2.05) is 7.05 Å². The summed E-state index contributed by atoms with van der Waals surface area (Å²) >= 11 is 0. The summed E-state index contributed by atoms with van der Waals surface area (Å²) in [5.74, 6) is 1.09. The molecule has 1 aromatic carbocycles. The number of para-hydroxylation sites is 1. The molecule has 0 spiro atoms. The third-order valence-electron chi connectivity index (χ3n) is 4.05. The van der Waals surface area contributed by atoms with Gasteiger partial charge in [0.15, 0.2) is 0 Å². The van der Waals surface area contributed by atoms with Crippen LogP contribution in [0.1, 0.15) is 30.2 Å². The number of nitrogens with one attached hydrogen (secondary N) is 1. The van der Waals surface area contributed by atoms with Crippen LogP contribution < -0.4 is 10.2 Å². The van der Waals surface area contributed by atoms with E-state index in [2.05, 4.69) is 53.5 Å². The minimum Gasteiger partial charge on any atom is -0.326 e. The van der Waals surface area contributed by atoms with Crippen molar-refractivity contribution in [2.75, 3.05) is 18.5 Å². The number of aromatic nitrogens is 1. The second-order valence-electron chi connectivity index (χ2n) is 5.59. The molecular formula is C18H23N3. The number of benzene rings is 1. The molecule has 2 heterocycles. The fourth-order valence-corrected chi connectivity index (χ4v) is 3.03. The average Bonchev–Trinajstić information content (AvgIpc) is 2.54. The van der Waals surface area contributed by atoms with E-state index in [0.29, 0.717) is 0 Å². The largest absolute Gasteiger partial charge is 0.326 e. The summed E-state index contributed by atoms with van der Waals surface area (Å²) in [5.41, 5.74) is 5.23. The Balaban J connectivity index is 2.02. The van der Waals surface area contributed by atoms with Gasteiger partial charge in [0.1, 0.15) is 5.82 Å². The fraction of sp³-hybridized carbons (Fsp3) is 0.389. The number of pyridine rings is 1. The van der Waals surface area contributed by atoms with Crippen molar-refractivity contribution < 1.29 is 0 Å². The minimum absolute atomic E-state index is 0.887. The Labute approximate surface area is 127 Å². The van der Waals surface area contributed by atoms with Crippen molar-refractivity contribution in [1.29, 1.82) is 0 Å². The Morgan fingerprint density at radius 3 is 2.90 bits per heavy atom. The number of anilines is 2. The van der Waals surface area contributed by atoms with Gasteiger partial charge in [-0.3, -0.25) is 0 Å². The van der Waals surface area contributed by atoms with Gasteiger partial charge in [0.05, 0.1) is 0 Å². The van der Waals surface area contributed by atoms with Crippen LogP contribution in [0.2, 0.25) is 0 Å². The zero-order valence-electron chi connectivity index (χ0n) is 12.9. The predicted molar refractivity (Wildman–Crippen MR) is 88.1 cm³/mol. The maximum absolute atomic E-state index is 4.85. The van der Waals surface area contributed by atoms with Crippen molar-refractivity contribution >= 4 is 11.5 Å². The second-order valence-corrected chi connectivity index (χ2v) is 5.59. The molecule has 1 aromatic heterocycles. The van der Waals surface area contributed by atoms with Gasteiger partial charge in [-0.1, -0.05) is 25.1 Å². The van der Waals surface area contributed by atoms with Gasteiger partial charge < -0.3 is 10.2 Å². The first-order valence-electron chi connectivity index (χ1n) is 7.81. The van der Waals surface area contributed by atoms with E-state index in [1.165, 1.54) is 35.3 Å². The van der Waals surface area contributed by atoms with Crippen LogP contribution in [0.15, 0.2) is 36.4 Å². The quantitative estimate of drug-likeness (QED) is 0.930. The average molecular weight is 281 g/mol. The first kappa shape index (κ1) is 14.1. The zero-order chi connectivity index (χ0) is 14.7. The van der Waals surface area contributed by atoms with Crippen molar-refractivity contribution in [2.45, 2.75) is 32.7 Å². The second kappa shape index (κ2) is 6.27. The van der Waals surface area contributed by atoms with Gasteiger partial charge in [-0.25, -0.2) is 4.98 Å². The van der Waals surface area contributed by atoms with Crippen molar-refractivity contribution in [3.8, 4) is 0 Å². The molecule has 21 heavy (non-hydrogen) atoms. The van der Waals surface area contributed by atoms with Crippen LogP contribution in [-0.4, -0.2) is 18.6 Å². The summed E-state index contributed by atoms with van der Waals surface area (Å²) in [6, 6.07) is 13.1. The van der Waals surface area contributed by atoms with Crippen molar-refractivity contribution in [2.24, 2.45) is 0 Å². The zero-order valence-corrected chi connectivity index (χ0v) is 12.9. The molecule has 1 aliphatic heterocycles. The molecule has 3 rings (SSSR count). The maximum atomic E-state index is 4.85. The van der Waals surface area contributed by atoms with Gasteiger partial charge in [-0.05, 0) is 55.6 Å². The Morgan fingerprint density at radius 1 is 1.24 bits per heavy atom. The molecule has 0 unspecified atom stereocenters. The van der Waals surface area contributed by atoms with Gasteiger partial charge in [-0.2, -0.15) is 0 Å². The van der Waals surface area contributed by atoms with Crippen LogP contribution in [-0.2, 0) is 19.4 Å². The third-order valence-corrected chi connectivity index (χ3v) is 4.05. The molecule has 0 aliphatic carbocycles. The summed E-state index contributed by atoms with van der Waals surface area (Å²) in [6.07, 6.45) is 3.33. The number of hydrogen-bond donors (Lipinski definition) is 1. The van der Waals surface area contributed by atoms with Crippen molar-refractivity contribution in [3.05, 3.63) is 53.2 Å². The normalized spacial score (nSPS) is 14.1. The molecule has 1 aliphatic rings. The molecule has 2 aromatic rings. The molecule has 3 nitrogen and oxygen atoms in total. The fourth-order valence-electron chi connectivity index (χ4n) is 3.03. The van der Waals surface area contributed by atoms with Crippen molar-refractivity contribution in [1.82, 2.24) is 10.3 Å². The topological polar surface area (TPSA) is 28.2 Å². The van der Waals surface area contributed by atoms with E-state index in [4.69, 9.17) is 4.98 Å². The molecule has 0 saturated heterocycles. The van der Waals surface area contributed by atoms with Gasteiger partial charge >= 0.3 is 0 Å². The highest BCUT2D eigenvalue weighted by Crippen LogP contribution is 2.32. The summed E-state index contributed by atoms with van der Waals surface area (Å²) in [7, 11) is 1.99. The summed E-state index contributed by atoms with van der Waals surface area (Å²) in [4.78, 5) is 7.23. The Bertz CT molecular complexity index is 622. The van der Waals surface area contributed by atoms with Gasteiger partial charge in [0.2, 0.25) is 0 Å².